The van der Waals surface area contributed by atoms with Crippen molar-refractivity contribution in [3.63, 3.8) is 0 Å². The Labute approximate surface area is 107 Å². The van der Waals surface area contributed by atoms with Crippen molar-refractivity contribution in [1.82, 2.24) is 0 Å². The molecule has 0 radical (unpaired) electrons. The van der Waals surface area contributed by atoms with Crippen LogP contribution in [-0.2, 0) is 0 Å². The first-order valence-electron chi connectivity index (χ1n) is 5.04. The summed E-state index contributed by atoms with van der Waals surface area (Å²) in [5, 5.41) is 10.9. The number of aliphatic hydroxyl groups is 1. The van der Waals surface area contributed by atoms with E-state index in [1.807, 2.05) is 0 Å². The van der Waals surface area contributed by atoms with Gasteiger partial charge in [-0.1, -0.05) is 6.07 Å². The van der Waals surface area contributed by atoms with Gasteiger partial charge in [0, 0.05) is 11.3 Å². The molecule has 0 aromatic carbocycles. The van der Waals surface area contributed by atoms with Gasteiger partial charge in [0.05, 0.1) is 5.71 Å². The molecule has 2 nitrogen and oxygen atoms in total. The van der Waals surface area contributed by atoms with E-state index in [1.165, 1.54) is 17.5 Å². The van der Waals surface area contributed by atoms with E-state index in [4.69, 9.17) is 0 Å². The van der Waals surface area contributed by atoms with Gasteiger partial charge >= 0.3 is 12.4 Å². The van der Waals surface area contributed by atoms with Crippen LogP contribution in [0.5, 0.6) is 0 Å². The lowest BCUT2D eigenvalue weighted by atomic mass is 9.93. The van der Waals surface area contributed by atoms with Crippen molar-refractivity contribution >= 4 is 17.0 Å². The first-order chi connectivity index (χ1) is 8.56. The highest BCUT2D eigenvalue weighted by molar-refractivity contribution is 7.12. The van der Waals surface area contributed by atoms with Crippen molar-refractivity contribution in [2.45, 2.75) is 24.5 Å². The molecule has 9 heteroatoms. The van der Waals surface area contributed by atoms with Crippen LogP contribution in [0.2, 0.25) is 0 Å². The van der Waals surface area contributed by atoms with Crippen LogP contribution in [0.25, 0.3) is 0 Å². The van der Waals surface area contributed by atoms with Gasteiger partial charge in [-0.15, -0.1) is 11.3 Å². The molecule has 1 aliphatic heterocycles. The van der Waals surface area contributed by atoms with Gasteiger partial charge < -0.3 is 5.11 Å². The molecule has 0 saturated carbocycles. The van der Waals surface area contributed by atoms with Crippen LogP contribution in [0.15, 0.2) is 22.5 Å². The molecule has 0 aliphatic carbocycles. The molecule has 106 valence electrons. The summed E-state index contributed by atoms with van der Waals surface area (Å²) >= 11 is 0.968. The van der Waals surface area contributed by atoms with E-state index in [9.17, 15) is 31.4 Å². The molecule has 1 aromatic heterocycles. The highest BCUT2D eigenvalue weighted by Crippen LogP contribution is 2.50. The Kier molecular flexibility index (Phi) is 3.17. The van der Waals surface area contributed by atoms with Gasteiger partial charge in [-0.05, 0) is 11.4 Å². The van der Waals surface area contributed by atoms with E-state index < -0.39 is 30.4 Å². The molecule has 2 rings (SSSR count). The molecule has 0 spiro atoms. The first-order valence-corrected chi connectivity index (χ1v) is 5.92. The van der Waals surface area contributed by atoms with E-state index in [1.54, 1.807) is 0 Å². The van der Waals surface area contributed by atoms with Crippen LogP contribution in [0, 0.1) is 5.92 Å². The molecule has 0 fully saturated rings. The lowest BCUT2D eigenvalue weighted by Gasteiger charge is -2.30. The lowest BCUT2D eigenvalue weighted by Crippen LogP contribution is -2.52. The van der Waals surface area contributed by atoms with Crippen LogP contribution in [0.1, 0.15) is 11.3 Å². The number of alkyl halides is 6. The Morgan fingerprint density at radius 1 is 1.26 bits per heavy atom. The number of thiophene rings is 1. The first kappa shape index (κ1) is 14.3. The number of hydrogen-bond donors (Lipinski definition) is 1. The minimum absolute atomic E-state index is 0.189. The van der Waals surface area contributed by atoms with Crippen molar-refractivity contribution in [3.8, 4) is 0 Å². The van der Waals surface area contributed by atoms with Gasteiger partial charge in [-0.3, -0.25) is 0 Å². The van der Waals surface area contributed by atoms with E-state index in [0.29, 0.717) is 0 Å². The van der Waals surface area contributed by atoms with E-state index in [0.717, 1.165) is 11.3 Å². The fourth-order valence-corrected chi connectivity index (χ4v) is 2.59. The van der Waals surface area contributed by atoms with Gasteiger partial charge in [0.1, 0.15) is 5.92 Å². The zero-order valence-electron chi connectivity index (χ0n) is 9.09. The maximum atomic E-state index is 12.7. The van der Waals surface area contributed by atoms with Crippen LogP contribution >= 0.6 is 11.3 Å². The Hall–Kier alpha value is -1.09. The van der Waals surface area contributed by atoms with Crippen molar-refractivity contribution < 1.29 is 31.4 Å². The lowest BCUT2D eigenvalue weighted by molar-refractivity contribution is -0.316. The Balaban J connectivity index is 2.46. The average molecular weight is 303 g/mol. The molecule has 2 atom stereocenters. The molecule has 0 saturated heterocycles. The van der Waals surface area contributed by atoms with E-state index in [-0.39, 0.29) is 10.6 Å². The Bertz CT molecular complexity index is 491. The van der Waals surface area contributed by atoms with Crippen LogP contribution in [0.3, 0.4) is 0 Å². The molecular formula is C10H7F6NOS. The highest BCUT2D eigenvalue weighted by atomic mass is 32.1. The van der Waals surface area contributed by atoms with Crippen LogP contribution in [0.4, 0.5) is 26.3 Å². The van der Waals surface area contributed by atoms with Crippen molar-refractivity contribution in [2.75, 3.05) is 0 Å². The normalized spacial score (nSPS) is 28.6. The van der Waals surface area contributed by atoms with Gasteiger partial charge in [-0.25, -0.2) is 4.99 Å². The average Bonchev–Trinajstić information content (AvgIpc) is 2.81. The zero-order chi connectivity index (χ0) is 14.5. The van der Waals surface area contributed by atoms with Crippen LogP contribution < -0.4 is 0 Å². The number of halogens is 6. The standard InChI is InChI=1S/C10H7F6NOS/c11-9(12,13)7-4-5(6-2-1-3-19-6)17-8(7,18)10(14,15)16/h1-3,7,18H,4H2/t7-,8+/m0/s1. The third-order valence-electron chi connectivity index (χ3n) is 2.81. The molecule has 1 N–H and O–H groups in total. The molecule has 1 aromatic rings. The van der Waals surface area contributed by atoms with Crippen molar-refractivity contribution in [1.29, 1.82) is 0 Å². The van der Waals surface area contributed by atoms with E-state index >= 15 is 0 Å². The summed E-state index contributed by atoms with van der Waals surface area (Å²) in [5.74, 6) is -2.97. The molecule has 1 aliphatic rings. The van der Waals surface area contributed by atoms with Crippen LogP contribution in [-0.4, -0.2) is 28.9 Å². The predicted octanol–water partition coefficient (Wildman–Crippen LogP) is 3.37. The van der Waals surface area contributed by atoms with Crippen molar-refractivity contribution in [2.24, 2.45) is 10.9 Å². The summed E-state index contributed by atoms with van der Waals surface area (Å²) < 4.78 is 76.1. The van der Waals surface area contributed by atoms with Crippen molar-refractivity contribution in [3.05, 3.63) is 22.4 Å². The van der Waals surface area contributed by atoms with Gasteiger partial charge in [0.15, 0.2) is 0 Å². The fourth-order valence-electron chi connectivity index (χ4n) is 1.87. The maximum absolute atomic E-state index is 12.7. The number of nitrogens with zero attached hydrogens (tertiary/aromatic N) is 1. The summed E-state index contributed by atoms with van der Waals surface area (Å²) in [6, 6.07) is 2.84. The maximum Gasteiger partial charge on any atom is 0.438 e. The summed E-state index contributed by atoms with van der Waals surface area (Å²) in [6.07, 6.45) is -11.7. The molecule has 0 bridgehead atoms. The second kappa shape index (κ2) is 4.20. The summed E-state index contributed by atoms with van der Waals surface area (Å²) in [4.78, 5) is 3.11. The Morgan fingerprint density at radius 3 is 2.26 bits per heavy atom. The topological polar surface area (TPSA) is 32.6 Å². The zero-order valence-corrected chi connectivity index (χ0v) is 9.90. The third kappa shape index (κ3) is 2.36. The summed E-state index contributed by atoms with van der Waals surface area (Å²) in [5.41, 5.74) is -4.48. The summed E-state index contributed by atoms with van der Waals surface area (Å²) in [6.45, 7) is 0. The smallest absolute Gasteiger partial charge is 0.362 e. The second-order valence-corrected chi connectivity index (χ2v) is 5.01. The quantitative estimate of drug-likeness (QED) is 0.793. The third-order valence-corrected chi connectivity index (χ3v) is 3.73. The summed E-state index contributed by atoms with van der Waals surface area (Å²) in [7, 11) is 0. The van der Waals surface area contributed by atoms with E-state index in [2.05, 4.69) is 4.99 Å². The number of rotatable bonds is 1. The second-order valence-electron chi connectivity index (χ2n) is 4.06. The van der Waals surface area contributed by atoms with Gasteiger partial charge in [0.25, 0.3) is 5.72 Å². The molecule has 19 heavy (non-hydrogen) atoms. The largest absolute Gasteiger partial charge is 0.438 e. The minimum Gasteiger partial charge on any atom is -0.362 e. The minimum atomic E-state index is -5.48. The Morgan fingerprint density at radius 2 is 1.89 bits per heavy atom. The van der Waals surface area contributed by atoms with Gasteiger partial charge in [0.2, 0.25) is 0 Å². The molecule has 0 unspecified atom stereocenters. The monoisotopic (exact) mass is 303 g/mol. The number of aliphatic imine (C=N–C) groups is 1. The SMILES string of the molecule is O[C@]1(C(F)(F)F)N=C(c2cccs2)C[C@@H]1C(F)(F)F. The number of hydrogen-bond acceptors (Lipinski definition) is 3. The molecule has 2 heterocycles. The fraction of sp³-hybridized carbons (Fsp3) is 0.500. The molecule has 0 amide bonds. The highest BCUT2D eigenvalue weighted by Gasteiger charge is 2.69. The van der Waals surface area contributed by atoms with Gasteiger partial charge in [-0.2, -0.15) is 26.3 Å². The molecular weight excluding hydrogens is 296 g/mol. The predicted molar refractivity (Wildman–Crippen MR) is 56.0 cm³/mol.